The highest BCUT2D eigenvalue weighted by Crippen LogP contribution is 2.32. The van der Waals surface area contributed by atoms with Crippen LogP contribution in [0.25, 0.3) is 0 Å². The molecular weight excluding hydrogens is 1410 g/mol. The Kier molecular flexibility index (Phi) is 98.6. The lowest BCUT2D eigenvalue weighted by molar-refractivity contribution is -0.121. The summed E-state index contributed by atoms with van der Waals surface area (Å²) in [6.07, 6.45) is 165. The molecule has 0 radical (unpaired) electrons. The maximum Gasteiger partial charge on any atom is 0.209 e. The van der Waals surface area contributed by atoms with Crippen LogP contribution in [0.2, 0.25) is 0 Å². The van der Waals surface area contributed by atoms with Crippen LogP contribution < -0.4 is 0 Å². The molecule has 0 aromatic carbocycles. The lowest BCUT2D eigenvalue weighted by atomic mass is 9.82. The van der Waals surface area contributed by atoms with E-state index in [-0.39, 0.29) is 0 Å². The summed E-state index contributed by atoms with van der Waals surface area (Å²) in [5.41, 5.74) is 0. The van der Waals surface area contributed by atoms with E-state index in [1.807, 2.05) is 0 Å². The van der Waals surface area contributed by atoms with E-state index in [1.54, 1.807) is 0 Å². The summed E-state index contributed by atoms with van der Waals surface area (Å²) in [6, 6.07) is 0.521. The Morgan fingerprint density at radius 3 is 0.308 bits per heavy atom. The molecule has 3 fully saturated rings. The zero-order valence-electron chi connectivity index (χ0n) is 81.8. The Bertz CT molecular complexity index is 1700. The quantitative estimate of drug-likeness (QED) is 0.240. The summed E-state index contributed by atoms with van der Waals surface area (Å²) < 4.78 is 0. The molecule has 1 aliphatic carbocycles. The van der Waals surface area contributed by atoms with Gasteiger partial charge in [0.15, 0.2) is 0 Å². The van der Waals surface area contributed by atoms with Crippen LogP contribution in [-0.4, -0.2) is 23.9 Å². The van der Waals surface area contributed by atoms with E-state index in [4.69, 9.17) is 0 Å². The van der Waals surface area contributed by atoms with Crippen LogP contribution in [0.3, 0.4) is 0 Å². The minimum absolute atomic E-state index is 0.521. The van der Waals surface area contributed by atoms with Gasteiger partial charge >= 0.3 is 0 Å². The number of rotatable bonds is 1. The highest BCUT2D eigenvalue weighted by Gasteiger charge is 2.25. The predicted molar refractivity (Wildman–Crippen MR) is 533 cm³/mol. The molecule has 1 saturated carbocycles. The topological polar surface area (TPSA) is 20.3 Å². The Morgan fingerprint density at radius 2 is 0.205 bits per heavy atom. The molecule has 3 aliphatic rings. The normalized spacial score (nSPS) is 25.2. The highest BCUT2D eigenvalue weighted by molar-refractivity contribution is 5.47. The number of hydrogen-bond donors (Lipinski definition) is 0. The third kappa shape index (κ3) is 93.0. The van der Waals surface area contributed by atoms with Crippen LogP contribution in [0.5, 0.6) is 0 Å². The van der Waals surface area contributed by atoms with Gasteiger partial charge in [0.05, 0.1) is 0 Å². The molecule has 2 bridgehead atoms. The molecule has 1 amide bonds. The van der Waals surface area contributed by atoms with E-state index in [0.717, 1.165) is 12.5 Å². The molecule has 698 valence electrons. The minimum atomic E-state index is 0.521. The standard InChI is InChI=1S/C115H227NO/c117-113-116-112-106-104-102-100-98-96-94-92-90-88-86-84-82-80-78-76-74-72-70-68-66-64-62-60-58-56-54-52-50-48-46-44-42-40-38-36-34-32-30-28-26-24-22-20-18-16-14-12-10-8-6-4-2-1-3-5-7-9-11-13-15-17-19-21-23-25-27-29-31-33-35-37-39-41-43-45-47-49-51-53-55-57-59-61-63-65-67-69-71-73-75-77-79-81-83-85-87-89-91-93-95-97-99-101-103-105-107-114-108-110-115(116)111-109-114/h113-115H,1-112H2. The number of carbonyl (C=O) groups excluding carboxylic acids is 1. The summed E-state index contributed by atoms with van der Waals surface area (Å²) in [7, 11) is 0. The summed E-state index contributed by atoms with van der Waals surface area (Å²) in [5.74, 6) is 0.920. The van der Waals surface area contributed by atoms with Crippen LogP contribution in [0.4, 0.5) is 0 Å². The van der Waals surface area contributed by atoms with Crippen molar-refractivity contribution in [2.24, 2.45) is 5.92 Å². The van der Waals surface area contributed by atoms with Crippen molar-refractivity contribution < 1.29 is 4.79 Å². The van der Waals surface area contributed by atoms with Gasteiger partial charge in [0.2, 0.25) is 6.41 Å². The third-order valence-electron chi connectivity index (χ3n) is 29.7. The van der Waals surface area contributed by atoms with E-state index in [9.17, 15) is 4.79 Å². The highest BCUT2D eigenvalue weighted by atomic mass is 16.1. The maximum absolute atomic E-state index is 12.1. The van der Waals surface area contributed by atoms with Crippen molar-refractivity contribution in [3.63, 3.8) is 0 Å². The molecule has 3 rings (SSSR count). The van der Waals surface area contributed by atoms with E-state index in [0.29, 0.717) is 6.04 Å². The Hall–Kier alpha value is -0.530. The van der Waals surface area contributed by atoms with Gasteiger partial charge in [-0.05, 0) is 38.0 Å². The average Bonchev–Trinajstić information content (AvgIpc) is 0.880. The van der Waals surface area contributed by atoms with Gasteiger partial charge in [-0.3, -0.25) is 4.79 Å². The molecule has 0 atom stereocenters. The Balaban J connectivity index is 1.40. The fourth-order valence-electron chi connectivity index (χ4n) is 21.2. The molecule has 0 aromatic rings. The van der Waals surface area contributed by atoms with Crippen LogP contribution in [0, 0.1) is 5.92 Å². The lowest BCUT2D eigenvalue weighted by Gasteiger charge is -2.35. The maximum atomic E-state index is 12.1. The minimum Gasteiger partial charge on any atom is -0.342 e. The number of amides is 1. The largest absolute Gasteiger partial charge is 0.342 e. The SMILES string of the molecule is O=CN1CCCCCCCCCCCCCCCCCCCCCCCCCCCCCCCCCCCCCCCCCCCCCCCCCCCCCCCCCCCCCCCCCCCCCCCCCCCCCCCCCCCCCCCCCCCCCCCCCCCCCCCCCCCCC2CCC1CC2. The monoisotopic (exact) mass is 1640 g/mol. The van der Waals surface area contributed by atoms with Gasteiger partial charge in [-0.15, -0.1) is 0 Å². The first kappa shape index (κ1) is 113. The molecule has 117 heavy (non-hydrogen) atoms. The van der Waals surface area contributed by atoms with Crippen molar-refractivity contribution in [2.45, 2.75) is 719 Å². The average molecular weight is 1640 g/mol. The van der Waals surface area contributed by atoms with Crippen LogP contribution >= 0.6 is 0 Å². The van der Waals surface area contributed by atoms with E-state index < -0.39 is 0 Å². The first-order chi connectivity index (χ1) is 58.4. The molecule has 0 unspecified atom stereocenters. The van der Waals surface area contributed by atoms with Gasteiger partial charge in [0, 0.05) is 12.6 Å². The Labute approximate surface area is 742 Å². The lowest BCUT2D eigenvalue weighted by Crippen LogP contribution is -2.37. The van der Waals surface area contributed by atoms with Crippen LogP contribution in [-0.2, 0) is 4.79 Å². The first-order valence-electron chi connectivity index (χ1n) is 57.6. The fraction of sp³-hybridized carbons (Fsp3) is 0.991. The van der Waals surface area contributed by atoms with Gasteiger partial charge in [-0.25, -0.2) is 0 Å². The molecule has 2 nitrogen and oxygen atoms in total. The molecule has 0 aromatic heterocycles. The van der Waals surface area contributed by atoms with Gasteiger partial charge in [0.25, 0.3) is 0 Å². The summed E-state index contributed by atoms with van der Waals surface area (Å²) >= 11 is 0. The second-order valence-electron chi connectivity index (χ2n) is 41.3. The van der Waals surface area contributed by atoms with Crippen molar-refractivity contribution in [1.29, 1.82) is 0 Å². The number of carbonyl (C=O) groups is 1. The predicted octanol–water partition coefficient (Wildman–Crippen LogP) is 42.8. The Morgan fingerprint density at radius 1 is 0.111 bits per heavy atom. The second-order valence-corrected chi connectivity index (χ2v) is 41.3. The van der Waals surface area contributed by atoms with E-state index in [2.05, 4.69) is 4.90 Å². The zero-order valence-corrected chi connectivity index (χ0v) is 81.8. The van der Waals surface area contributed by atoms with Crippen molar-refractivity contribution in [3.05, 3.63) is 0 Å². The van der Waals surface area contributed by atoms with E-state index >= 15 is 0 Å². The molecular formula is C115H227NO. The number of hydrogen-bond acceptors (Lipinski definition) is 1. The van der Waals surface area contributed by atoms with Crippen molar-refractivity contribution >= 4 is 6.41 Å². The first-order valence-corrected chi connectivity index (χ1v) is 57.6. The smallest absolute Gasteiger partial charge is 0.209 e. The van der Waals surface area contributed by atoms with Gasteiger partial charge in [0.1, 0.15) is 0 Å². The fourth-order valence-corrected chi connectivity index (χ4v) is 21.2. The van der Waals surface area contributed by atoms with Gasteiger partial charge < -0.3 is 4.90 Å². The molecule has 2 heterocycles. The molecule has 2 saturated heterocycles. The van der Waals surface area contributed by atoms with Crippen LogP contribution in [0.15, 0.2) is 0 Å². The number of fused-ring (bicyclic) bond motifs is 110. The van der Waals surface area contributed by atoms with Gasteiger partial charge in [-0.1, -0.05) is 681 Å². The summed E-state index contributed by atoms with van der Waals surface area (Å²) in [4.78, 5) is 14.3. The summed E-state index contributed by atoms with van der Waals surface area (Å²) in [6.45, 7) is 0.999. The third-order valence-corrected chi connectivity index (χ3v) is 29.7. The second kappa shape index (κ2) is 103. The molecule has 2 aliphatic heterocycles. The van der Waals surface area contributed by atoms with Crippen LogP contribution in [0.1, 0.15) is 713 Å². The zero-order chi connectivity index (χ0) is 82.6. The summed E-state index contributed by atoms with van der Waals surface area (Å²) in [5, 5.41) is 0. The molecule has 0 N–H and O–H groups in total. The molecule has 0 spiro atoms. The van der Waals surface area contributed by atoms with E-state index in [1.165, 1.54) is 719 Å². The van der Waals surface area contributed by atoms with Gasteiger partial charge in [-0.2, -0.15) is 0 Å². The van der Waals surface area contributed by atoms with Crippen molar-refractivity contribution in [3.8, 4) is 0 Å². The van der Waals surface area contributed by atoms with Crippen molar-refractivity contribution in [1.82, 2.24) is 4.90 Å². The number of nitrogens with zero attached hydrogens (tertiary/aromatic N) is 1. The van der Waals surface area contributed by atoms with Crippen molar-refractivity contribution in [2.75, 3.05) is 6.54 Å². The molecule has 2 heteroatoms.